The molecule has 0 aliphatic rings. The monoisotopic (exact) mass is 318 g/mol. The van der Waals surface area contributed by atoms with E-state index in [4.69, 9.17) is 23.8 Å². The van der Waals surface area contributed by atoms with Crippen molar-refractivity contribution < 1.29 is 0 Å². The summed E-state index contributed by atoms with van der Waals surface area (Å²) in [4.78, 5) is 0. The Kier molecular flexibility index (Phi) is 3.68. The highest BCUT2D eigenvalue weighted by Crippen LogP contribution is 2.21. The second-order valence-corrected chi connectivity index (χ2v) is 5.03. The molecule has 1 N–H and O–H groups in total. The minimum absolute atomic E-state index is 0.412. The molecule has 0 saturated heterocycles. The van der Waals surface area contributed by atoms with E-state index in [1.54, 1.807) is 10.9 Å². The van der Waals surface area contributed by atoms with Gasteiger partial charge < -0.3 is 0 Å². The molecule has 8 heteroatoms. The van der Waals surface area contributed by atoms with Crippen LogP contribution in [0.2, 0.25) is 5.15 Å². The Morgan fingerprint density at radius 1 is 1.33 bits per heavy atom. The number of halogens is 1. The van der Waals surface area contributed by atoms with Gasteiger partial charge in [0.1, 0.15) is 11.5 Å². The molecule has 3 aromatic rings. The summed E-state index contributed by atoms with van der Waals surface area (Å²) in [5.74, 6) is 0. The average Bonchev–Trinajstić information content (AvgIpc) is 3.02. The van der Waals surface area contributed by atoms with Gasteiger partial charge in [-0.15, -0.1) is 0 Å². The summed E-state index contributed by atoms with van der Waals surface area (Å²) in [6.45, 7) is 1.88. The number of aromatic nitrogens is 5. The average molecular weight is 319 g/mol. The molecule has 0 saturated carbocycles. The lowest BCUT2D eigenvalue weighted by atomic mass is 10.3. The van der Waals surface area contributed by atoms with E-state index < -0.39 is 0 Å². The van der Waals surface area contributed by atoms with Crippen LogP contribution in [0.3, 0.4) is 0 Å². The first kappa shape index (κ1) is 13.7. The molecule has 0 spiro atoms. The van der Waals surface area contributed by atoms with E-state index in [1.807, 2.05) is 37.3 Å². The third-order valence-electron chi connectivity index (χ3n) is 2.90. The number of rotatable bonds is 3. The van der Waals surface area contributed by atoms with Crippen molar-refractivity contribution in [3.05, 3.63) is 57.8 Å². The zero-order valence-electron chi connectivity index (χ0n) is 11.1. The van der Waals surface area contributed by atoms with Gasteiger partial charge in [0.15, 0.2) is 0 Å². The molecule has 0 aliphatic carbocycles. The van der Waals surface area contributed by atoms with E-state index >= 15 is 0 Å². The van der Waals surface area contributed by atoms with Crippen LogP contribution < -0.4 is 0 Å². The molecule has 0 atom stereocenters. The molecule has 0 fully saturated rings. The SMILES string of the molecule is Cc1nn(-c2ccccc2)c(Cl)c1/C=N/n1cn[nH]c1=S. The van der Waals surface area contributed by atoms with Gasteiger partial charge in [-0.3, -0.25) is 5.10 Å². The Hall–Kier alpha value is -2.25. The third kappa shape index (κ3) is 2.65. The van der Waals surface area contributed by atoms with Gasteiger partial charge in [-0.25, -0.2) is 4.68 Å². The first-order valence-electron chi connectivity index (χ1n) is 6.14. The topological polar surface area (TPSA) is 63.8 Å². The minimum atomic E-state index is 0.412. The molecule has 0 unspecified atom stereocenters. The zero-order chi connectivity index (χ0) is 14.8. The highest BCUT2D eigenvalue weighted by Gasteiger charge is 2.12. The van der Waals surface area contributed by atoms with Crippen LogP contribution in [0, 0.1) is 11.7 Å². The molecule has 106 valence electrons. The van der Waals surface area contributed by atoms with E-state index in [0.29, 0.717) is 9.92 Å². The number of hydrogen-bond donors (Lipinski definition) is 1. The smallest absolute Gasteiger partial charge is 0.216 e. The lowest BCUT2D eigenvalue weighted by Crippen LogP contribution is -1.96. The number of nitrogens with zero attached hydrogens (tertiary/aromatic N) is 5. The summed E-state index contributed by atoms with van der Waals surface area (Å²) in [6, 6.07) is 9.68. The van der Waals surface area contributed by atoms with Crippen molar-refractivity contribution in [2.24, 2.45) is 5.10 Å². The Labute approximate surface area is 130 Å². The zero-order valence-corrected chi connectivity index (χ0v) is 12.6. The molecular weight excluding hydrogens is 308 g/mol. The fraction of sp³-hybridized carbons (Fsp3) is 0.0769. The molecule has 0 aliphatic heterocycles. The Balaban J connectivity index is 2.01. The van der Waals surface area contributed by atoms with Crippen LogP contribution in [0.25, 0.3) is 5.69 Å². The number of benzene rings is 1. The number of aromatic amines is 1. The standard InChI is InChI=1S/C13H11ClN6S/c1-9-11(7-16-19-8-15-17-13(19)21)12(14)20(18-9)10-5-3-2-4-6-10/h2-8H,1H3,(H,17,21)/b16-7+. The summed E-state index contributed by atoms with van der Waals surface area (Å²) >= 11 is 11.4. The number of nitrogens with one attached hydrogen (secondary N) is 1. The Morgan fingerprint density at radius 3 is 2.76 bits per heavy atom. The van der Waals surface area contributed by atoms with E-state index in [-0.39, 0.29) is 0 Å². The third-order valence-corrected chi connectivity index (χ3v) is 3.54. The number of para-hydroxylation sites is 1. The molecule has 6 nitrogen and oxygen atoms in total. The fourth-order valence-corrected chi connectivity index (χ4v) is 2.31. The van der Waals surface area contributed by atoms with Crippen molar-refractivity contribution in [1.29, 1.82) is 0 Å². The minimum Gasteiger partial charge on any atom is -0.250 e. The first-order valence-corrected chi connectivity index (χ1v) is 6.92. The molecule has 3 rings (SSSR count). The van der Waals surface area contributed by atoms with E-state index in [9.17, 15) is 0 Å². The molecule has 1 aromatic carbocycles. The quantitative estimate of drug-likeness (QED) is 0.596. The van der Waals surface area contributed by atoms with E-state index in [0.717, 1.165) is 16.9 Å². The molecule has 0 amide bonds. The van der Waals surface area contributed by atoms with Crippen molar-refractivity contribution in [3.63, 3.8) is 0 Å². The maximum absolute atomic E-state index is 6.39. The normalized spacial score (nSPS) is 11.3. The van der Waals surface area contributed by atoms with Gasteiger partial charge in [-0.1, -0.05) is 29.8 Å². The molecular formula is C13H11ClN6S. The van der Waals surface area contributed by atoms with Crippen LogP contribution in [-0.4, -0.2) is 30.9 Å². The van der Waals surface area contributed by atoms with Gasteiger partial charge in [-0.2, -0.15) is 20.0 Å². The van der Waals surface area contributed by atoms with Gasteiger partial charge in [0.05, 0.1) is 23.2 Å². The summed E-state index contributed by atoms with van der Waals surface area (Å²) in [7, 11) is 0. The van der Waals surface area contributed by atoms with Gasteiger partial charge in [0, 0.05) is 0 Å². The van der Waals surface area contributed by atoms with Crippen molar-refractivity contribution in [1.82, 2.24) is 24.7 Å². The first-order chi connectivity index (χ1) is 10.2. The van der Waals surface area contributed by atoms with Gasteiger partial charge in [-0.05, 0) is 31.3 Å². The van der Waals surface area contributed by atoms with Crippen molar-refractivity contribution >= 4 is 30.0 Å². The van der Waals surface area contributed by atoms with Crippen LogP contribution in [-0.2, 0) is 0 Å². The predicted molar refractivity (Wildman–Crippen MR) is 83.7 cm³/mol. The maximum atomic E-state index is 6.39. The van der Waals surface area contributed by atoms with E-state index in [1.165, 1.54) is 11.0 Å². The molecule has 0 radical (unpaired) electrons. The van der Waals surface area contributed by atoms with Gasteiger partial charge in [0.25, 0.3) is 0 Å². The Morgan fingerprint density at radius 2 is 2.10 bits per heavy atom. The molecule has 2 aromatic heterocycles. The number of H-pyrrole nitrogens is 1. The highest BCUT2D eigenvalue weighted by molar-refractivity contribution is 7.71. The molecule has 0 bridgehead atoms. The van der Waals surface area contributed by atoms with Crippen LogP contribution >= 0.6 is 23.8 Å². The van der Waals surface area contributed by atoms with Gasteiger partial charge in [0.2, 0.25) is 4.77 Å². The largest absolute Gasteiger partial charge is 0.250 e. The van der Waals surface area contributed by atoms with Crippen LogP contribution in [0.15, 0.2) is 41.8 Å². The number of hydrogen-bond acceptors (Lipinski definition) is 4. The number of aryl methyl sites for hydroxylation is 1. The van der Waals surface area contributed by atoms with Crippen LogP contribution in [0.1, 0.15) is 11.3 Å². The molecule has 2 heterocycles. The second kappa shape index (κ2) is 5.63. The highest BCUT2D eigenvalue weighted by atomic mass is 35.5. The summed E-state index contributed by atoms with van der Waals surface area (Å²) in [6.07, 6.45) is 3.11. The Bertz CT molecular complexity index is 845. The predicted octanol–water partition coefficient (Wildman–Crippen LogP) is 2.97. The lowest BCUT2D eigenvalue weighted by Gasteiger charge is -2.01. The van der Waals surface area contributed by atoms with Crippen LogP contribution in [0.4, 0.5) is 0 Å². The van der Waals surface area contributed by atoms with Gasteiger partial charge >= 0.3 is 0 Å². The van der Waals surface area contributed by atoms with Crippen molar-refractivity contribution in [2.75, 3.05) is 0 Å². The van der Waals surface area contributed by atoms with Crippen molar-refractivity contribution in [2.45, 2.75) is 6.92 Å². The van der Waals surface area contributed by atoms with Crippen LogP contribution in [0.5, 0.6) is 0 Å². The summed E-state index contributed by atoms with van der Waals surface area (Å²) < 4.78 is 3.54. The lowest BCUT2D eigenvalue weighted by molar-refractivity contribution is 0.862. The molecule has 21 heavy (non-hydrogen) atoms. The maximum Gasteiger partial charge on any atom is 0.216 e. The fourth-order valence-electron chi connectivity index (χ4n) is 1.84. The van der Waals surface area contributed by atoms with E-state index in [2.05, 4.69) is 20.4 Å². The second-order valence-electron chi connectivity index (χ2n) is 4.29. The van der Waals surface area contributed by atoms with Crippen molar-refractivity contribution in [3.8, 4) is 5.69 Å². The summed E-state index contributed by atoms with van der Waals surface area (Å²) in [5, 5.41) is 15.6. The summed E-state index contributed by atoms with van der Waals surface area (Å²) in [5.41, 5.74) is 2.41.